The third-order valence-corrected chi connectivity index (χ3v) is 1.93. The molecule has 4 N–H and O–H groups in total. The van der Waals surface area contributed by atoms with Crippen LogP contribution in [0.25, 0.3) is 0 Å². The molecule has 0 radical (unpaired) electrons. The van der Waals surface area contributed by atoms with Crippen LogP contribution in [-0.2, 0) is 0 Å². The van der Waals surface area contributed by atoms with Crippen LogP contribution in [-0.4, -0.2) is 11.0 Å². The minimum absolute atomic E-state index is 0. The maximum Gasteiger partial charge on any atom is 0.0146 e. The van der Waals surface area contributed by atoms with E-state index in [1.807, 2.05) is 13.8 Å². The average molecular weight is 133 g/mol. The van der Waals surface area contributed by atoms with Crippen LogP contribution in [0.1, 0.15) is 34.6 Å². The van der Waals surface area contributed by atoms with Crippen LogP contribution in [0.5, 0.6) is 0 Å². The summed E-state index contributed by atoms with van der Waals surface area (Å²) in [6.07, 6.45) is 0. The molecule has 0 atom stereocenters. The van der Waals surface area contributed by atoms with Crippen molar-refractivity contribution in [3.05, 3.63) is 0 Å². The lowest BCUT2D eigenvalue weighted by Crippen LogP contribution is -2.45. The van der Waals surface area contributed by atoms with E-state index in [2.05, 4.69) is 20.8 Å². The second-order valence-corrected chi connectivity index (χ2v) is 3.97. The average Bonchev–Trinajstić information content (AvgIpc) is 1.25. The molecule has 2 heteroatoms. The highest BCUT2D eigenvalue weighted by molar-refractivity contribution is 4.85. The van der Waals surface area contributed by atoms with Crippen LogP contribution in [0, 0.1) is 5.41 Å². The molecule has 0 aromatic rings. The van der Waals surface area contributed by atoms with E-state index in [4.69, 9.17) is 5.73 Å². The Balaban J connectivity index is 0. The standard InChI is InChI=1S/C7H17N.H2O/c1-6(2,3)7(4,5)8;/h8H2,1-5H3;1H2. The van der Waals surface area contributed by atoms with E-state index in [1.54, 1.807) is 0 Å². The zero-order valence-electron chi connectivity index (χ0n) is 7.08. The third-order valence-electron chi connectivity index (χ3n) is 1.93. The smallest absolute Gasteiger partial charge is 0.0146 e. The van der Waals surface area contributed by atoms with Gasteiger partial charge in [0.1, 0.15) is 0 Å². The van der Waals surface area contributed by atoms with E-state index in [0.717, 1.165) is 0 Å². The predicted octanol–water partition coefficient (Wildman–Crippen LogP) is 0.945. The molecule has 0 aliphatic carbocycles. The van der Waals surface area contributed by atoms with Crippen molar-refractivity contribution in [2.75, 3.05) is 0 Å². The summed E-state index contributed by atoms with van der Waals surface area (Å²) in [6, 6.07) is 0. The van der Waals surface area contributed by atoms with Gasteiger partial charge < -0.3 is 11.2 Å². The molecule has 0 aliphatic rings. The quantitative estimate of drug-likeness (QED) is 0.525. The van der Waals surface area contributed by atoms with Gasteiger partial charge in [-0.2, -0.15) is 0 Å². The van der Waals surface area contributed by atoms with E-state index in [0.29, 0.717) is 0 Å². The summed E-state index contributed by atoms with van der Waals surface area (Å²) >= 11 is 0. The molecule has 0 amide bonds. The summed E-state index contributed by atoms with van der Waals surface area (Å²) in [5, 5.41) is 0. The van der Waals surface area contributed by atoms with Crippen molar-refractivity contribution in [3.8, 4) is 0 Å². The van der Waals surface area contributed by atoms with Crippen molar-refractivity contribution in [2.24, 2.45) is 11.1 Å². The Morgan fingerprint density at radius 1 is 0.889 bits per heavy atom. The molecule has 0 rings (SSSR count). The molecule has 2 nitrogen and oxygen atoms in total. The van der Waals surface area contributed by atoms with Gasteiger partial charge in [0.25, 0.3) is 0 Å². The van der Waals surface area contributed by atoms with Crippen LogP contribution >= 0.6 is 0 Å². The SMILES string of the molecule is CC(C)(C)C(C)(C)N.O. The fourth-order valence-electron chi connectivity index (χ4n) is 0. The maximum atomic E-state index is 5.81. The second-order valence-electron chi connectivity index (χ2n) is 3.97. The van der Waals surface area contributed by atoms with Gasteiger partial charge in [-0.25, -0.2) is 0 Å². The molecule has 0 aromatic heterocycles. The van der Waals surface area contributed by atoms with E-state index in [9.17, 15) is 0 Å². The Labute approximate surface area is 57.7 Å². The molecule has 0 spiro atoms. The van der Waals surface area contributed by atoms with Gasteiger partial charge in [0.05, 0.1) is 0 Å². The van der Waals surface area contributed by atoms with E-state index in [-0.39, 0.29) is 16.4 Å². The normalized spacial score (nSPS) is 12.7. The molecule has 0 saturated heterocycles. The summed E-state index contributed by atoms with van der Waals surface area (Å²) in [5.74, 6) is 0. The van der Waals surface area contributed by atoms with E-state index < -0.39 is 0 Å². The molecule has 58 valence electrons. The molecule has 0 aromatic carbocycles. The Morgan fingerprint density at radius 2 is 1.00 bits per heavy atom. The van der Waals surface area contributed by atoms with Crippen molar-refractivity contribution in [1.82, 2.24) is 0 Å². The van der Waals surface area contributed by atoms with Gasteiger partial charge in [-0.05, 0) is 19.3 Å². The highest BCUT2D eigenvalue weighted by atomic mass is 16.0. The summed E-state index contributed by atoms with van der Waals surface area (Å²) < 4.78 is 0. The Morgan fingerprint density at radius 3 is 1.00 bits per heavy atom. The van der Waals surface area contributed by atoms with Gasteiger partial charge in [0.2, 0.25) is 0 Å². The van der Waals surface area contributed by atoms with Crippen molar-refractivity contribution in [2.45, 2.75) is 40.2 Å². The number of nitrogens with two attached hydrogens (primary N) is 1. The van der Waals surface area contributed by atoms with Crippen LogP contribution < -0.4 is 5.73 Å². The van der Waals surface area contributed by atoms with E-state index >= 15 is 0 Å². The van der Waals surface area contributed by atoms with Crippen LogP contribution in [0.4, 0.5) is 0 Å². The van der Waals surface area contributed by atoms with Gasteiger partial charge >= 0.3 is 0 Å². The van der Waals surface area contributed by atoms with Crippen molar-refractivity contribution < 1.29 is 5.48 Å². The van der Waals surface area contributed by atoms with Crippen LogP contribution in [0.15, 0.2) is 0 Å². The van der Waals surface area contributed by atoms with Gasteiger partial charge in [-0.15, -0.1) is 0 Å². The lowest BCUT2D eigenvalue weighted by Gasteiger charge is -2.34. The first-order valence-electron chi connectivity index (χ1n) is 3.04. The minimum Gasteiger partial charge on any atom is -0.412 e. The summed E-state index contributed by atoms with van der Waals surface area (Å²) in [5.41, 5.74) is 5.97. The Bertz CT molecular complexity index is 63.9. The molecule has 0 heterocycles. The molecule has 0 aliphatic heterocycles. The van der Waals surface area contributed by atoms with E-state index in [1.165, 1.54) is 0 Å². The third kappa shape index (κ3) is 3.49. The molecule has 0 fully saturated rings. The lowest BCUT2D eigenvalue weighted by molar-refractivity contribution is 0.230. The lowest BCUT2D eigenvalue weighted by atomic mass is 9.77. The summed E-state index contributed by atoms with van der Waals surface area (Å²) in [7, 11) is 0. The molecular formula is C7H19NO. The fraction of sp³-hybridized carbons (Fsp3) is 1.00. The van der Waals surface area contributed by atoms with Crippen molar-refractivity contribution in [1.29, 1.82) is 0 Å². The fourth-order valence-corrected chi connectivity index (χ4v) is 0. The molecule has 0 bridgehead atoms. The predicted molar refractivity (Wildman–Crippen MR) is 41.3 cm³/mol. The first-order chi connectivity index (χ1) is 3.25. The highest BCUT2D eigenvalue weighted by Gasteiger charge is 2.27. The second kappa shape index (κ2) is 2.67. The summed E-state index contributed by atoms with van der Waals surface area (Å²) in [6.45, 7) is 10.5. The van der Waals surface area contributed by atoms with Gasteiger partial charge in [0.15, 0.2) is 0 Å². The van der Waals surface area contributed by atoms with Crippen molar-refractivity contribution in [3.63, 3.8) is 0 Å². The maximum absolute atomic E-state index is 5.81. The first kappa shape index (κ1) is 11.7. The van der Waals surface area contributed by atoms with Gasteiger partial charge in [0, 0.05) is 5.54 Å². The largest absolute Gasteiger partial charge is 0.412 e. The van der Waals surface area contributed by atoms with Crippen LogP contribution in [0.3, 0.4) is 0 Å². The first-order valence-corrected chi connectivity index (χ1v) is 3.04. The number of hydrogen-bond donors (Lipinski definition) is 1. The Hall–Kier alpha value is -0.0800. The monoisotopic (exact) mass is 133 g/mol. The highest BCUT2D eigenvalue weighted by Crippen LogP contribution is 2.26. The minimum atomic E-state index is -0.0625. The molecule has 0 saturated carbocycles. The molecule has 9 heavy (non-hydrogen) atoms. The molecular weight excluding hydrogens is 114 g/mol. The van der Waals surface area contributed by atoms with Crippen LogP contribution in [0.2, 0.25) is 0 Å². The zero-order valence-corrected chi connectivity index (χ0v) is 7.08. The number of hydrogen-bond acceptors (Lipinski definition) is 1. The zero-order chi connectivity index (χ0) is 7.00. The number of rotatable bonds is 0. The van der Waals surface area contributed by atoms with Gasteiger partial charge in [-0.1, -0.05) is 20.8 Å². The van der Waals surface area contributed by atoms with Crippen molar-refractivity contribution >= 4 is 0 Å². The Kier molecular flexibility index (Phi) is 3.47. The topological polar surface area (TPSA) is 57.5 Å². The summed E-state index contributed by atoms with van der Waals surface area (Å²) in [4.78, 5) is 0. The molecule has 0 unspecified atom stereocenters. The van der Waals surface area contributed by atoms with Gasteiger partial charge in [-0.3, -0.25) is 0 Å².